The summed E-state index contributed by atoms with van der Waals surface area (Å²) in [7, 11) is 0. The Morgan fingerprint density at radius 1 is 1.12 bits per heavy atom. The molecule has 0 aromatic carbocycles. The molecule has 2 heteroatoms. The second kappa shape index (κ2) is 4.66. The fourth-order valence-electron chi connectivity index (χ4n) is 3.37. The summed E-state index contributed by atoms with van der Waals surface area (Å²) in [6, 6.07) is 0. The first-order chi connectivity index (χ1) is 7.58. The minimum absolute atomic E-state index is 0.335. The quantitative estimate of drug-likeness (QED) is 0.776. The van der Waals surface area contributed by atoms with Gasteiger partial charge in [-0.15, -0.1) is 0 Å². The van der Waals surface area contributed by atoms with Crippen LogP contribution in [0.15, 0.2) is 0 Å². The molecule has 0 amide bonds. The SMILES string of the molecule is CCC1(C)CN(C2(C)CCCC2)CCCN1. The Kier molecular flexibility index (Phi) is 3.60. The zero-order valence-electron chi connectivity index (χ0n) is 11.3. The summed E-state index contributed by atoms with van der Waals surface area (Å²) in [5.74, 6) is 0. The van der Waals surface area contributed by atoms with E-state index >= 15 is 0 Å². The average Bonchev–Trinajstić information content (AvgIpc) is 2.60. The van der Waals surface area contributed by atoms with Crippen LogP contribution in [0.5, 0.6) is 0 Å². The minimum atomic E-state index is 0.335. The molecule has 2 aliphatic rings. The van der Waals surface area contributed by atoms with E-state index in [9.17, 15) is 0 Å². The third kappa shape index (κ3) is 2.43. The molecule has 1 atom stereocenters. The van der Waals surface area contributed by atoms with Crippen molar-refractivity contribution in [3.8, 4) is 0 Å². The highest BCUT2D eigenvalue weighted by Crippen LogP contribution is 2.36. The molecule has 1 unspecified atom stereocenters. The van der Waals surface area contributed by atoms with E-state index in [1.54, 1.807) is 0 Å². The molecule has 16 heavy (non-hydrogen) atoms. The van der Waals surface area contributed by atoms with E-state index in [2.05, 4.69) is 31.0 Å². The largest absolute Gasteiger partial charge is 0.310 e. The van der Waals surface area contributed by atoms with Crippen LogP contribution >= 0.6 is 0 Å². The summed E-state index contributed by atoms with van der Waals surface area (Å²) >= 11 is 0. The van der Waals surface area contributed by atoms with Crippen LogP contribution < -0.4 is 5.32 Å². The maximum Gasteiger partial charge on any atom is 0.0278 e. The molecule has 2 nitrogen and oxygen atoms in total. The van der Waals surface area contributed by atoms with E-state index in [0.717, 1.165) is 0 Å². The van der Waals surface area contributed by atoms with Gasteiger partial charge in [0.1, 0.15) is 0 Å². The summed E-state index contributed by atoms with van der Waals surface area (Å²) in [4.78, 5) is 2.78. The van der Waals surface area contributed by atoms with Gasteiger partial charge in [0.25, 0.3) is 0 Å². The standard InChI is InChI=1S/C14H28N2/c1-4-13(2)12-16(11-7-10-15-13)14(3)8-5-6-9-14/h15H,4-12H2,1-3H3. The Morgan fingerprint density at radius 3 is 2.44 bits per heavy atom. The van der Waals surface area contributed by atoms with Gasteiger partial charge in [-0.25, -0.2) is 0 Å². The number of nitrogens with zero attached hydrogens (tertiary/aromatic N) is 1. The zero-order chi connectivity index (χ0) is 11.6. The maximum absolute atomic E-state index is 3.74. The predicted octanol–water partition coefficient (Wildman–Crippen LogP) is 2.78. The van der Waals surface area contributed by atoms with Gasteiger partial charge in [-0.05, 0) is 52.6 Å². The highest BCUT2D eigenvalue weighted by Gasteiger charge is 2.39. The molecule has 1 saturated heterocycles. The van der Waals surface area contributed by atoms with Crippen molar-refractivity contribution in [2.45, 2.75) is 70.4 Å². The van der Waals surface area contributed by atoms with Crippen LogP contribution in [0.4, 0.5) is 0 Å². The molecule has 1 heterocycles. The van der Waals surface area contributed by atoms with Crippen LogP contribution in [-0.2, 0) is 0 Å². The Morgan fingerprint density at radius 2 is 1.81 bits per heavy atom. The van der Waals surface area contributed by atoms with E-state index in [-0.39, 0.29) is 0 Å². The minimum Gasteiger partial charge on any atom is -0.310 e. The van der Waals surface area contributed by atoms with Gasteiger partial charge in [0.05, 0.1) is 0 Å². The molecule has 2 rings (SSSR count). The van der Waals surface area contributed by atoms with Crippen molar-refractivity contribution in [1.29, 1.82) is 0 Å². The van der Waals surface area contributed by atoms with Gasteiger partial charge < -0.3 is 5.32 Å². The van der Waals surface area contributed by atoms with E-state index in [1.165, 1.54) is 58.2 Å². The lowest BCUT2D eigenvalue weighted by Gasteiger charge is -2.42. The lowest BCUT2D eigenvalue weighted by Crippen LogP contribution is -2.54. The smallest absolute Gasteiger partial charge is 0.0278 e. The second-order valence-electron chi connectivity index (χ2n) is 6.32. The Bertz CT molecular complexity index is 233. The Hall–Kier alpha value is -0.0800. The van der Waals surface area contributed by atoms with Crippen LogP contribution in [0.2, 0.25) is 0 Å². The van der Waals surface area contributed by atoms with Gasteiger partial charge in [-0.3, -0.25) is 4.90 Å². The molecule has 0 radical (unpaired) electrons. The van der Waals surface area contributed by atoms with Crippen molar-refractivity contribution in [2.75, 3.05) is 19.6 Å². The van der Waals surface area contributed by atoms with Gasteiger partial charge in [-0.1, -0.05) is 19.8 Å². The number of hydrogen-bond donors (Lipinski definition) is 1. The Labute approximate surface area is 101 Å². The fourth-order valence-corrected chi connectivity index (χ4v) is 3.37. The summed E-state index contributed by atoms with van der Waals surface area (Å²) < 4.78 is 0. The second-order valence-corrected chi connectivity index (χ2v) is 6.32. The van der Waals surface area contributed by atoms with Crippen molar-refractivity contribution in [3.63, 3.8) is 0 Å². The normalized spacial score (nSPS) is 36.2. The molecular weight excluding hydrogens is 196 g/mol. The molecule has 1 saturated carbocycles. The predicted molar refractivity (Wildman–Crippen MR) is 69.8 cm³/mol. The molecule has 94 valence electrons. The fraction of sp³-hybridized carbons (Fsp3) is 1.00. The summed E-state index contributed by atoms with van der Waals surface area (Å²) in [6.07, 6.45) is 8.23. The molecule has 0 aromatic heterocycles. The topological polar surface area (TPSA) is 15.3 Å². The van der Waals surface area contributed by atoms with E-state index in [4.69, 9.17) is 0 Å². The molecule has 1 aliphatic heterocycles. The van der Waals surface area contributed by atoms with Crippen LogP contribution in [0.25, 0.3) is 0 Å². The summed E-state index contributed by atoms with van der Waals surface area (Å²) in [5, 5.41) is 3.74. The molecule has 1 aliphatic carbocycles. The van der Waals surface area contributed by atoms with Gasteiger partial charge in [0.15, 0.2) is 0 Å². The summed E-state index contributed by atoms with van der Waals surface area (Å²) in [5.41, 5.74) is 0.838. The third-order valence-corrected chi connectivity index (χ3v) is 4.92. The monoisotopic (exact) mass is 224 g/mol. The first-order valence-corrected chi connectivity index (χ1v) is 7.08. The van der Waals surface area contributed by atoms with E-state index in [1.807, 2.05) is 0 Å². The summed E-state index contributed by atoms with van der Waals surface area (Å²) in [6.45, 7) is 10.9. The molecule has 1 N–H and O–H groups in total. The maximum atomic E-state index is 3.74. The lowest BCUT2D eigenvalue weighted by atomic mass is 9.92. The van der Waals surface area contributed by atoms with Crippen LogP contribution in [-0.4, -0.2) is 35.6 Å². The highest BCUT2D eigenvalue weighted by molar-refractivity contribution is 4.97. The highest BCUT2D eigenvalue weighted by atomic mass is 15.2. The molecular formula is C14H28N2. The molecule has 0 bridgehead atoms. The van der Waals surface area contributed by atoms with Crippen molar-refractivity contribution >= 4 is 0 Å². The van der Waals surface area contributed by atoms with E-state index < -0.39 is 0 Å². The van der Waals surface area contributed by atoms with Crippen molar-refractivity contribution in [3.05, 3.63) is 0 Å². The third-order valence-electron chi connectivity index (χ3n) is 4.92. The van der Waals surface area contributed by atoms with Gasteiger partial charge >= 0.3 is 0 Å². The van der Waals surface area contributed by atoms with Crippen molar-refractivity contribution in [2.24, 2.45) is 0 Å². The Balaban J connectivity index is 2.08. The number of rotatable bonds is 2. The first-order valence-electron chi connectivity index (χ1n) is 7.08. The number of nitrogens with one attached hydrogen (secondary N) is 1. The van der Waals surface area contributed by atoms with Gasteiger partial charge in [0, 0.05) is 17.6 Å². The zero-order valence-corrected chi connectivity index (χ0v) is 11.3. The number of hydrogen-bond acceptors (Lipinski definition) is 2. The van der Waals surface area contributed by atoms with Crippen LogP contribution in [0, 0.1) is 0 Å². The van der Waals surface area contributed by atoms with Gasteiger partial charge in [0.2, 0.25) is 0 Å². The first kappa shape index (κ1) is 12.4. The van der Waals surface area contributed by atoms with Gasteiger partial charge in [-0.2, -0.15) is 0 Å². The van der Waals surface area contributed by atoms with Crippen LogP contribution in [0.3, 0.4) is 0 Å². The molecule has 2 fully saturated rings. The van der Waals surface area contributed by atoms with Crippen LogP contribution in [0.1, 0.15) is 59.3 Å². The van der Waals surface area contributed by atoms with Crippen molar-refractivity contribution in [1.82, 2.24) is 10.2 Å². The van der Waals surface area contributed by atoms with Crippen molar-refractivity contribution < 1.29 is 0 Å². The molecule has 0 aromatic rings. The van der Waals surface area contributed by atoms with E-state index in [0.29, 0.717) is 11.1 Å². The average molecular weight is 224 g/mol. The molecule has 0 spiro atoms. The lowest BCUT2D eigenvalue weighted by molar-refractivity contribution is 0.0868.